The van der Waals surface area contributed by atoms with Crippen LogP contribution in [0.25, 0.3) is 0 Å². The molecule has 0 saturated carbocycles. The number of carbonyl (C=O) groups is 2. The van der Waals surface area contributed by atoms with Gasteiger partial charge in [0.1, 0.15) is 0 Å². The second kappa shape index (κ2) is 6.30. The number of carboxylic acid groups (broad SMARTS) is 1. The zero-order chi connectivity index (χ0) is 11.6. The van der Waals surface area contributed by atoms with Crippen LogP contribution in [0.4, 0.5) is 0 Å². The van der Waals surface area contributed by atoms with Crippen LogP contribution in [0.2, 0.25) is 10.0 Å². The summed E-state index contributed by atoms with van der Waals surface area (Å²) in [6.45, 7) is 0. The summed E-state index contributed by atoms with van der Waals surface area (Å²) in [4.78, 5) is 21.7. The lowest BCUT2D eigenvalue weighted by Crippen LogP contribution is -2.17. The SMILES string of the molecule is Cl.O=C(O)C(C(=O)Cl)c1cc(Cl)cc(Cl)c1. The van der Waals surface area contributed by atoms with Gasteiger partial charge >= 0.3 is 5.97 Å². The van der Waals surface area contributed by atoms with Crippen molar-refractivity contribution < 1.29 is 14.7 Å². The Morgan fingerprint density at radius 3 is 1.88 bits per heavy atom. The molecule has 0 radical (unpaired) electrons. The fraction of sp³-hybridized carbons (Fsp3) is 0.111. The van der Waals surface area contributed by atoms with E-state index < -0.39 is 17.1 Å². The average Bonchev–Trinajstić information content (AvgIpc) is 1.99. The van der Waals surface area contributed by atoms with E-state index >= 15 is 0 Å². The van der Waals surface area contributed by atoms with Crippen LogP contribution in [0.3, 0.4) is 0 Å². The number of carbonyl (C=O) groups excluding carboxylic acids is 1. The van der Waals surface area contributed by atoms with Gasteiger partial charge in [0.05, 0.1) is 0 Å². The third-order valence-electron chi connectivity index (χ3n) is 1.69. The van der Waals surface area contributed by atoms with Crippen molar-refractivity contribution >= 4 is 58.4 Å². The molecule has 0 aliphatic heterocycles. The molecule has 1 N–H and O–H groups in total. The Hall–Kier alpha value is -0.480. The molecule has 0 bridgehead atoms. The average molecular weight is 304 g/mol. The van der Waals surface area contributed by atoms with Gasteiger partial charge in [-0.15, -0.1) is 12.4 Å². The summed E-state index contributed by atoms with van der Waals surface area (Å²) in [6.07, 6.45) is 0. The Balaban J connectivity index is 0.00000225. The normalized spacial score (nSPS) is 11.4. The van der Waals surface area contributed by atoms with Gasteiger partial charge < -0.3 is 5.11 Å². The lowest BCUT2D eigenvalue weighted by atomic mass is 10.0. The Morgan fingerprint density at radius 2 is 1.56 bits per heavy atom. The molecule has 88 valence electrons. The number of aliphatic carboxylic acids is 1. The molecule has 0 spiro atoms. The smallest absolute Gasteiger partial charge is 0.319 e. The summed E-state index contributed by atoms with van der Waals surface area (Å²) < 4.78 is 0. The van der Waals surface area contributed by atoms with Gasteiger partial charge in [-0.2, -0.15) is 0 Å². The van der Waals surface area contributed by atoms with Gasteiger partial charge in [-0.25, -0.2) is 0 Å². The van der Waals surface area contributed by atoms with Crippen molar-refractivity contribution in [2.75, 3.05) is 0 Å². The lowest BCUT2D eigenvalue weighted by molar-refractivity contribution is -0.140. The summed E-state index contributed by atoms with van der Waals surface area (Å²) in [5, 5.41) is 8.31. The van der Waals surface area contributed by atoms with Gasteiger partial charge in [-0.05, 0) is 35.4 Å². The third kappa shape index (κ3) is 3.83. The van der Waals surface area contributed by atoms with Crippen LogP contribution in [-0.4, -0.2) is 16.3 Å². The Morgan fingerprint density at radius 1 is 1.12 bits per heavy atom. The molecule has 1 atom stereocenters. The van der Waals surface area contributed by atoms with Gasteiger partial charge in [0.2, 0.25) is 5.24 Å². The molecule has 1 aromatic rings. The number of carboxylic acids is 1. The minimum absolute atomic E-state index is 0. The molecule has 16 heavy (non-hydrogen) atoms. The van der Waals surface area contributed by atoms with Gasteiger partial charge in [-0.1, -0.05) is 23.2 Å². The van der Waals surface area contributed by atoms with Crippen molar-refractivity contribution in [3.63, 3.8) is 0 Å². The van der Waals surface area contributed by atoms with Crippen molar-refractivity contribution in [3.8, 4) is 0 Å². The van der Waals surface area contributed by atoms with Gasteiger partial charge in [0, 0.05) is 10.0 Å². The summed E-state index contributed by atoms with van der Waals surface area (Å²) >= 11 is 16.5. The van der Waals surface area contributed by atoms with Gasteiger partial charge in [0.25, 0.3) is 0 Å². The maximum atomic E-state index is 10.9. The molecule has 1 aromatic carbocycles. The quantitative estimate of drug-likeness (QED) is 0.688. The van der Waals surface area contributed by atoms with Crippen LogP contribution in [0.15, 0.2) is 18.2 Å². The van der Waals surface area contributed by atoms with Crippen molar-refractivity contribution in [1.29, 1.82) is 0 Å². The first kappa shape index (κ1) is 15.5. The molecule has 7 heteroatoms. The molecule has 0 saturated heterocycles. The molecule has 1 rings (SSSR count). The number of hydrogen-bond donors (Lipinski definition) is 1. The van der Waals surface area contributed by atoms with Crippen LogP contribution in [0.5, 0.6) is 0 Å². The first-order chi connectivity index (χ1) is 6.91. The summed E-state index contributed by atoms with van der Waals surface area (Å²) in [5.74, 6) is -2.78. The van der Waals surface area contributed by atoms with Crippen LogP contribution < -0.4 is 0 Å². The first-order valence-corrected chi connectivity index (χ1v) is 4.93. The minimum atomic E-state index is -1.44. The molecule has 0 heterocycles. The van der Waals surface area contributed by atoms with Crippen LogP contribution in [0.1, 0.15) is 11.5 Å². The predicted octanol–water partition coefficient (Wildman–Crippen LogP) is 3.35. The van der Waals surface area contributed by atoms with Crippen molar-refractivity contribution in [1.82, 2.24) is 0 Å². The van der Waals surface area contributed by atoms with Crippen molar-refractivity contribution in [2.24, 2.45) is 0 Å². The Kier molecular flexibility index (Phi) is 6.11. The topological polar surface area (TPSA) is 54.4 Å². The molecule has 0 fully saturated rings. The third-order valence-corrected chi connectivity index (χ3v) is 2.35. The van der Waals surface area contributed by atoms with E-state index in [9.17, 15) is 9.59 Å². The molecule has 0 aromatic heterocycles. The molecular weight excluding hydrogens is 298 g/mol. The zero-order valence-corrected chi connectivity index (χ0v) is 10.7. The number of hydrogen-bond acceptors (Lipinski definition) is 2. The highest BCUT2D eigenvalue weighted by Crippen LogP contribution is 2.26. The maximum absolute atomic E-state index is 10.9. The van der Waals surface area contributed by atoms with Crippen LogP contribution in [-0.2, 0) is 9.59 Å². The highest BCUT2D eigenvalue weighted by atomic mass is 35.5. The monoisotopic (exact) mass is 302 g/mol. The van der Waals surface area contributed by atoms with Crippen molar-refractivity contribution in [3.05, 3.63) is 33.8 Å². The second-order valence-corrected chi connectivity index (χ2v) is 4.02. The summed E-state index contributed by atoms with van der Waals surface area (Å²) in [6, 6.07) is 4.11. The van der Waals surface area contributed by atoms with Crippen LogP contribution in [0, 0.1) is 0 Å². The maximum Gasteiger partial charge on any atom is 0.319 e. The Labute approximate surface area is 113 Å². The van der Waals surface area contributed by atoms with E-state index in [0.717, 1.165) is 0 Å². The van der Waals surface area contributed by atoms with E-state index in [0.29, 0.717) is 0 Å². The Bertz CT molecular complexity index is 385. The largest absolute Gasteiger partial charge is 0.480 e. The first-order valence-electron chi connectivity index (χ1n) is 3.80. The van der Waals surface area contributed by atoms with E-state index in [-0.39, 0.29) is 28.0 Å². The summed E-state index contributed by atoms with van der Waals surface area (Å²) in [7, 11) is 0. The van der Waals surface area contributed by atoms with E-state index in [1.807, 2.05) is 0 Å². The van der Waals surface area contributed by atoms with Gasteiger partial charge in [0.15, 0.2) is 5.92 Å². The highest BCUT2D eigenvalue weighted by molar-refractivity contribution is 6.66. The van der Waals surface area contributed by atoms with Crippen molar-refractivity contribution in [2.45, 2.75) is 5.92 Å². The molecule has 0 aliphatic carbocycles. The molecule has 0 amide bonds. The zero-order valence-electron chi connectivity index (χ0n) is 7.62. The molecule has 1 unspecified atom stereocenters. The number of rotatable bonds is 3. The molecule has 3 nitrogen and oxygen atoms in total. The fourth-order valence-corrected chi connectivity index (χ4v) is 1.87. The van der Waals surface area contributed by atoms with E-state index in [4.69, 9.17) is 39.9 Å². The number of benzene rings is 1. The predicted molar refractivity (Wildman–Crippen MR) is 64.9 cm³/mol. The fourth-order valence-electron chi connectivity index (χ4n) is 1.11. The lowest BCUT2D eigenvalue weighted by Gasteiger charge is -2.08. The van der Waals surface area contributed by atoms with E-state index in [1.54, 1.807) is 0 Å². The van der Waals surface area contributed by atoms with E-state index in [2.05, 4.69) is 0 Å². The molecular formula is C9H6Cl4O3. The van der Waals surface area contributed by atoms with E-state index in [1.165, 1.54) is 18.2 Å². The van der Waals surface area contributed by atoms with Crippen LogP contribution >= 0.6 is 47.2 Å². The number of halogens is 4. The molecule has 0 aliphatic rings. The highest BCUT2D eigenvalue weighted by Gasteiger charge is 2.27. The summed E-state index contributed by atoms with van der Waals surface area (Å²) in [5.41, 5.74) is 0.167. The minimum Gasteiger partial charge on any atom is -0.480 e. The van der Waals surface area contributed by atoms with Gasteiger partial charge in [-0.3, -0.25) is 9.59 Å². The standard InChI is InChI=1S/C9H5Cl3O3.ClH/c10-5-1-4(2-6(11)3-5)7(8(12)13)9(14)15;/h1-3,7H,(H,14,15);1H. The second-order valence-electron chi connectivity index (χ2n) is 2.78.